The number of methoxy groups -OCH3 is 1. The number of carbonyl (C=O) groups is 1. The summed E-state index contributed by atoms with van der Waals surface area (Å²) in [5, 5.41) is 3.12. The van der Waals surface area contributed by atoms with Gasteiger partial charge in [-0.25, -0.2) is 0 Å². The maximum absolute atomic E-state index is 13.1. The van der Waals surface area contributed by atoms with Crippen molar-refractivity contribution in [3.05, 3.63) is 54.4 Å². The fraction of sp³-hybridized carbons (Fsp3) is 0.478. The molecule has 1 unspecified atom stereocenters. The summed E-state index contributed by atoms with van der Waals surface area (Å²) < 4.78 is 10.9. The lowest BCUT2D eigenvalue weighted by molar-refractivity contribution is -0.137. The monoisotopic (exact) mass is 382 g/mol. The molecule has 28 heavy (non-hydrogen) atoms. The second-order valence-electron chi connectivity index (χ2n) is 7.48. The van der Waals surface area contributed by atoms with Gasteiger partial charge in [0, 0.05) is 39.3 Å². The number of nitrogens with zero attached hydrogens (tertiary/aromatic N) is 1. The number of ether oxygens (including phenoxy) is 2. The molecule has 3 rings (SSSR count). The molecule has 0 saturated carbocycles. The minimum absolute atomic E-state index is 0.0552. The van der Waals surface area contributed by atoms with Crippen LogP contribution in [-0.2, 0) is 20.7 Å². The average molecular weight is 383 g/mol. The molecule has 2 heterocycles. The van der Waals surface area contributed by atoms with E-state index in [2.05, 4.69) is 47.6 Å². The summed E-state index contributed by atoms with van der Waals surface area (Å²) >= 11 is 0. The predicted molar refractivity (Wildman–Crippen MR) is 110 cm³/mol. The van der Waals surface area contributed by atoms with E-state index in [1.54, 1.807) is 13.3 Å². The van der Waals surface area contributed by atoms with E-state index in [-0.39, 0.29) is 12.0 Å². The third kappa shape index (κ3) is 4.97. The molecular formula is C23H30N2O3. The van der Waals surface area contributed by atoms with Crippen molar-refractivity contribution in [1.82, 2.24) is 10.3 Å². The molecule has 1 fully saturated rings. The first kappa shape index (κ1) is 20.5. The summed E-state index contributed by atoms with van der Waals surface area (Å²) in [5.41, 5.74) is 2.98. The molecule has 5 heteroatoms. The van der Waals surface area contributed by atoms with E-state index >= 15 is 0 Å². The van der Waals surface area contributed by atoms with Crippen molar-refractivity contribution in [1.29, 1.82) is 0 Å². The number of carbonyl (C=O) groups excluding carboxylic acids is 1. The van der Waals surface area contributed by atoms with Crippen LogP contribution < -0.4 is 5.32 Å². The van der Waals surface area contributed by atoms with Crippen molar-refractivity contribution in [2.75, 3.05) is 26.9 Å². The van der Waals surface area contributed by atoms with Gasteiger partial charge in [0.05, 0.1) is 11.5 Å². The van der Waals surface area contributed by atoms with Gasteiger partial charge in [-0.3, -0.25) is 9.78 Å². The fourth-order valence-electron chi connectivity index (χ4n) is 3.77. The first-order chi connectivity index (χ1) is 13.7. The Bertz CT molecular complexity index is 736. The number of aromatic nitrogens is 1. The van der Waals surface area contributed by atoms with Crippen molar-refractivity contribution < 1.29 is 14.3 Å². The smallest absolute Gasteiger partial charge is 0.226 e. The van der Waals surface area contributed by atoms with Gasteiger partial charge in [0.15, 0.2) is 0 Å². The van der Waals surface area contributed by atoms with Crippen LogP contribution in [0, 0.1) is 5.41 Å². The molecule has 1 aromatic carbocycles. The fourth-order valence-corrected chi connectivity index (χ4v) is 3.77. The molecule has 1 atom stereocenters. The highest BCUT2D eigenvalue weighted by atomic mass is 16.5. The van der Waals surface area contributed by atoms with Gasteiger partial charge in [0.2, 0.25) is 5.91 Å². The van der Waals surface area contributed by atoms with Gasteiger partial charge >= 0.3 is 0 Å². The van der Waals surface area contributed by atoms with Gasteiger partial charge in [-0.2, -0.15) is 0 Å². The Labute approximate surface area is 167 Å². The molecule has 1 N–H and O–H groups in total. The van der Waals surface area contributed by atoms with Gasteiger partial charge in [-0.05, 0) is 48.4 Å². The van der Waals surface area contributed by atoms with E-state index < -0.39 is 5.41 Å². The Balaban J connectivity index is 1.72. The summed E-state index contributed by atoms with van der Waals surface area (Å²) in [6.45, 7) is 3.87. The Morgan fingerprint density at radius 2 is 1.96 bits per heavy atom. The highest BCUT2D eigenvalue weighted by Crippen LogP contribution is 2.35. The molecule has 0 spiro atoms. The molecule has 1 aliphatic rings. The zero-order valence-electron chi connectivity index (χ0n) is 16.8. The van der Waals surface area contributed by atoms with Crippen molar-refractivity contribution >= 4 is 5.91 Å². The second-order valence-corrected chi connectivity index (χ2v) is 7.48. The van der Waals surface area contributed by atoms with Crippen LogP contribution in [0.1, 0.15) is 31.7 Å². The molecule has 0 radical (unpaired) electrons. The van der Waals surface area contributed by atoms with Crippen LogP contribution in [-0.4, -0.2) is 43.9 Å². The molecular weight excluding hydrogens is 352 g/mol. The van der Waals surface area contributed by atoms with Crippen molar-refractivity contribution in [3.8, 4) is 11.1 Å². The number of hydrogen-bond donors (Lipinski definition) is 1. The maximum atomic E-state index is 13.1. The van der Waals surface area contributed by atoms with Crippen molar-refractivity contribution in [3.63, 3.8) is 0 Å². The minimum atomic E-state index is -0.417. The van der Waals surface area contributed by atoms with E-state index in [0.717, 1.165) is 36.8 Å². The summed E-state index contributed by atoms with van der Waals surface area (Å²) in [7, 11) is 1.69. The van der Waals surface area contributed by atoms with E-state index in [1.165, 1.54) is 5.56 Å². The lowest BCUT2D eigenvalue weighted by Gasteiger charge is -2.36. The number of benzene rings is 1. The standard InChI is InChI=1S/C23H30N2O3/c1-3-21(27-2)17-25-22(26)23(10-13-28-14-11-23)15-18-6-8-19(9-7-18)20-5-4-12-24-16-20/h4-9,12,16,21H,3,10-11,13-15,17H2,1-2H3,(H,25,26). The van der Waals surface area contributed by atoms with Crippen molar-refractivity contribution in [2.45, 2.75) is 38.7 Å². The molecule has 0 bridgehead atoms. The lowest BCUT2D eigenvalue weighted by Crippen LogP contribution is -2.48. The van der Waals surface area contributed by atoms with Crippen LogP contribution in [0.3, 0.4) is 0 Å². The summed E-state index contributed by atoms with van der Waals surface area (Å²) in [6, 6.07) is 12.4. The Morgan fingerprint density at radius 1 is 1.21 bits per heavy atom. The van der Waals surface area contributed by atoms with Gasteiger partial charge in [-0.15, -0.1) is 0 Å². The van der Waals surface area contributed by atoms with E-state index in [0.29, 0.717) is 19.8 Å². The van der Waals surface area contributed by atoms with Gasteiger partial charge < -0.3 is 14.8 Å². The highest BCUT2D eigenvalue weighted by molar-refractivity contribution is 5.83. The first-order valence-corrected chi connectivity index (χ1v) is 10.0. The van der Waals surface area contributed by atoms with Crippen LogP contribution in [0.5, 0.6) is 0 Å². The largest absolute Gasteiger partial charge is 0.381 e. The molecule has 0 aliphatic carbocycles. The lowest BCUT2D eigenvalue weighted by atomic mass is 9.74. The maximum Gasteiger partial charge on any atom is 0.226 e. The van der Waals surface area contributed by atoms with E-state index in [9.17, 15) is 4.79 Å². The average Bonchev–Trinajstić information content (AvgIpc) is 2.76. The van der Waals surface area contributed by atoms with Crippen LogP contribution in [0.15, 0.2) is 48.8 Å². The molecule has 1 aliphatic heterocycles. The zero-order chi connectivity index (χ0) is 19.8. The summed E-state index contributed by atoms with van der Waals surface area (Å²) in [6.07, 6.45) is 6.78. The number of pyridine rings is 1. The number of hydrogen-bond acceptors (Lipinski definition) is 4. The van der Waals surface area contributed by atoms with Crippen LogP contribution in [0.4, 0.5) is 0 Å². The molecule has 1 amide bonds. The number of nitrogens with one attached hydrogen (secondary N) is 1. The predicted octanol–water partition coefficient (Wildman–Crippen LogP) is 3.63. The highest BCUT2D eigenvalue weighted by Gasteiger charge is 2.40. The first-order valence-electron chi connectivity index (χ1n) is 10.0. The minimum Gasteiger partial charge on any atom is -0.381 e. The van der Waals surface area contributed by atoms with Crippen LogP contribution in [0.2, 0.25) is 0 Å². The van der Waals surface area contributed by atoms with E-state index in [4.69, 9.17) is 9.47 Å². The van der Waals surface area contributed by atoms with Gasteiger partial charge in [-0.1, -0.05) is 37.3 Å². The SMILES string of the molecule is CCC(CNC(=O)C1(Cc2ccc(-c3cccnc3)cc2)CCOCC1)OC. The Morgan fingerprint density at radius 3 is 2.57 bits per heavy atom. The third-order valence-corrected chi connectivity index (χ3v) is 5.70. The number of rotatable bonds is 8. The van der Waals surface area contributed by atoms with Crippen LogP contribution >= 0.6 is 0 Å². The van der Waals surface area contributed by atoms with Crippen molar-refractivity contribution in [2.24, 2.45) is 5.41 Å². The molecule has 150 valence electrons. The normalized spacial score (nSPS) is 17.1. The molecule has 1 aromatic heterocycles. The van der Waals surface area contributed by atoms with Gasteiger partial charge in [0.25, 0.3) is 0 Å². The number of amides is 1. The summed E-state index contributed by atoms with van der Waals surface area (Å²) in [4.78, 5) is 17.3. The van der Waals surface area contributed by atoms with Crippen LogP contribution in [0.25, 0.3) is 11.1 Å². The quantitative estimate of drug-likeness (QED) is 0.757. The second kappa shape index (κ2) is 9.80. The third-order valence-electron chi connectivity index (χ3n) is 5.70. The Hall–Kier alpha value is -2.24. The van der Waals surface area contributed by atoms with E-state index in [1.807, 2.05) is 12.3 Å². The zero-order valence-corrected chi connectivity index (χ0v) is 16.8. The molecule has 5 nitrogen and oxygen atoms in total. The molecule has 1 saturated heterocycles. The Kier molecular flexibility index (Phi) is 7.18. The summed E-state index contributed by atoms with van der Waals surface area (Å²) in [5.74, 6) is 0.114. The topological polar surface area (TPSA) is 60.5 Å². The van der Waals surface area contributed by atoms with Gasteiger partial charge in [0.1, 0.15) is 0 Å². The molecule has 2 aromatic rings.